The van der Waals surface area contributed by atoms with E-state index in [0.29, 0.717) is 18.9 Å². The summed E-state index contributed by atoms with van der Waals surface area (Å²) < 4.78 is 0. The maximum atomic E-state index is 12.5. The molecule has 1 aliphatic rings. The van der Waals surface area contributed by atoms with Crippen LogP contribution in [0.1, 0.15) is 60.8 Å². The summed E-state index contributed by atoms with van der Waals surface area (Å²) >= 11 is 0. The first kappa shape index (κ1) is 17.0. The van der Waals surface area contributed by atoms with Crippen LogP contribution in [0.4, 0.5) is 0 Å². The first-order valence-corrected chi connectivity index (χ1v) is 7.76. The Balaban J connectivity index is 2.88. The number of carbonyl (C=O) groups excluding carboxylic acids is 2. The van der Waals surface area contributed by atoms with Crippen molar-refractivity contribution in [2.45, 2.75) is 72.9 Å². The maximum absolute atomic E-state index is 12.5. The van der Waals surface area contributed by atoms with Gasteiger partial charge in [-0.3, -0.25) is 9.59 Å². The number of hydrogen-bond acceptors (Lipinski definition) is 2. The van der Waals surface area contributed by atoms with Crippen LogP contribution in [0.15, 0.2) is 0 Å². The van der Waals surface area contributed by atoms with Gasteiger partial charge in [-0.15, -0.1) is 0 Å². The van der Waals surface area contributed by atoms with Gasteiger partial charge in [0.15, 0.2) is 0 Å². The van der Waals surface area contributed by atoms with E-state index in [1.165, 1.54) is 0 Å². The van der Waals surface area contributed by atoms with Crippen LogP contribution >= 0.6 is 0 Å². The highest BCUT2D eigenvalue weighted by Crippen LogP contribution is 2.24. The molecule has 0 bridgehead atoms. The normalized spacial score (nSPS) is 24.2. The Labute approximate surface area is 123 Å². The van der Waals surface area contributed by atoms with Gasteiger partial charge in [-0.1, -0.05) is 41.5 Å². The summed E-state index contributed by atoms with van der Waals surface area (Å²) in [5.74, 6) is 0.495. The number of amides is 2. The molecule has 0 saturated carbocycles. The Morgan fingerprint density at radius 3 is 2.30 bits per heavy atom. The summed E-state index contributed by atoms with van der Waals surface area (Å²) in [5.41, 5.74) is 0.165. The van der Waals surface area contributed by atoms with Gasteiger partial charge in [0.25, 0.3) is 0 Å². The quantitative estimate of drug-likeness (QED) is 0.842. The summed E-state index contributed by atoms with van der Waals surface area (Å²) in [7, 11) is 0. The van der Waals surface area contributed by atoms with E-state index < -0.39 is 0 Å². The minimum absolute atomic E-state index is 0.0130. The maximum Gasteiger partial charge on any atom is 0.245 e. The van der Waals surface area contributed by atoms with Gasteiger partial charge in [-0.2, -0.15) is 0 Å². The number of rotatable bonds is 5. The molecule has 0 aromatic heterocycles. The number of nitrogens with zero attached hydrogens (tertiary/aromatic N) is 1. The predicted octanol–water partition coefficient (Wildman–Crippen LogP) is 2.57. The van der Waals surface area contributed by atoms with Crippen molar-refractivity contribution in [1.29, 1.82) is 0 Å². The predicted molar refractivity (Wildman–Crippen MR) is 81.2 cm³/mol. The lowest BCUT2D eigenvalue weighted by atomic mass is 9.90. The third kappa shape index (κ3) is 4.50. The summed E-state index contributed by atoms with van der Waals surface area (Å²) in [5, 5.41) is 2.87. The van der Waals surface area contributed by atoms with E-state index in [1.54, 1.807) is 0 Å². The van der Waals surface area contributed by atoms with Crippen LogP contribution in [0, 0.1) is 11.3 Å². The molecule has 0 aromatic rings. The minimum Gasteiger partial charge on any atom is -0.343 e. The number of piperazine rings is 1. The van der Waals surface area contributed by atoms with Crippen LogP contribution in [-0.4, -0.2) is 35.3 Å². The van der Waals surface area contributed by atoms with Gasteiger partial charge in [-0.05, 0) is 30.6 Å². The molecule has 1 fully saturated rings. The lowest BCUT2D eigenvalue weighted by Gasteiger charge is -2.40. The van der Waals surface area contributed by atoms with E-state index in [2.05, 4.69) is 39.9 Å². The van der Waals surface area contributed by atoms with Crippen molar-refractivity contribution >= 4 is 11.8 Å². The average molecular weight is 282 g/mol. The van der Waals surface area contributed by atoms with Gasteiger partial charge in [0.2, 0.25) is 11.8 Å². The van der Waals surface area contributed by atoms with Gasteiger partial charge >= 0.3 is 0 Å². The fourth-order valence-electron chi connectivity index (χ4n) is 2.50. The molecule has 1 heterocycles. The topological polar surface area (TPSA) is 49.4 Å². The van der Waals surface area contributed by atoms with Crippen molar-refractivity contribution in [3.05, 3.63) is 0 Å². The molecule has 0 radical (unpaired) electrons. The Bertz CT molecular complexity index is 358. The second-order valence-electron chi connectivity index (χ2n) is 7.46. The van der Waals surface area contributed by atoms with E-state index in [9.17, 15) is 9.59 Å². The van der Waals surface area contributed by atoms with Crippen molar-refractivity contribution in [3.63, 3.8) is 0 Å². The largest absolute Gasteiger partial charge is 0.343 e. The molecule has 1 aliphatic heterocycles. The smallest absolute Gasteiger partial charge is 0.245 e. The van der Waals surface area contributed by atoms with Crippen molar-refractivity contribution < 1.29 is 9.59 Å². The highest BCUT2D eigenvalue weighted by atomic mass is 16.2. The zero-order chi connectivity index (χ0) is 15.5. The molecule has 116 valence electrons. The molecule has 2 atom stereocenters. The number of carbonyl (C=O) groups is 2. The van der Waals surface area contributed by atoms with Crippen LogP contribution in [0.3, 0.4) is 0 Å². The Hall–Kier alpha value is -1.06. The third-order valence-electron chi connectivity index (χ3n) is 3.78. The summed E-state index contributed by atoms with van der Waals surface area (Å²) in [6.07, 6.45) is 2.31. The van der Waals surface area contributed by atoms with Crippen molar-refractivity contribution in [2.24, 2.45) is 11.3 Å². The molecule has 20 heavy (non-hydrogen) atoms. The first-order chi connectivity index (χ1) is 9.15. The van der Waals surface area contributed by atoms with E-state index in [0.717, 1.165) is 12.8 Å². The van der Waals surface area contributed by atoms with E-state index in [4.69, 9.17) is 0 Å². The summed E-state index contributed by atoms with van der Waals surface area (Å²) in [6, 6.07) is -0.640. The first-order valence-electron chi connectivity index (χ1n) is 7.76. The number of nitrogens with one attached hydrogen (secondary N) is 1. The molecule has 0 aliphatic carbocycles. The zero-order valence-corrected chi connectivity index (χ0v) is 13.8. The molecular weight excluding hydrogens is 252 g/mol. The van der Waals surface area contributed by atoms with Crippen LogP contribution in [-0.2, 0) is 9.59 Å². The van der Waals surface area contributed by atoms with Gasteiger partial charge in [0.1, 0.15) is 12.1 Å². The van der Waals surface area contributed by atoms with Gasteiger partial charge in [0, 0.05) is 6.54 Å². The van der Waals surface area contributed by atoms with Crippen LogP contribution < -0.4 is 5.32 Å². The van der Waals surface area contributed by atoms with Gasteiger partial charge in [-0.25, -0.2) is 0 Å². The SMILES string of the molecule is CCC1NC(=O)C(CC(C)C)N(CCC(C)(C)C)C1=O. The Morgan fingerprint density at radius 1 is 1.25 bits per heavy atom. The second-order valence-corrected chi connectivity index (χ2v) is 7.46. The van der Waals surface area contributed by atoms with E-state index in [-0.39, 0.29) is 29.3 Å². The standard InChI is InChI=1S/C16H30N2O2/c1-7-12-15(20)18(9-8-16(4,5)6)13(10-11(2)3)14(19)17-12/h11-13H,7-10H2,1-6H3,(H,17,19). The third-order valence-corrected chi connectivity index (χ3v) is 3.78. The van der Waals surface area contributed by atoms with Gasteiger partial charge in [0.05, 0.1) is 0 Å². The fraction of sp³-hybridized carbons (Fsp3) is 0.875. The molecule has 0 spiro atoms. The molecular formula is C16H30N2O2. The number of hydrogen-bond donors (Lipinski definition) is 1. The fourth-order valence-corrected chi connectivity index (χ4v) is 2.50. The Kier molecular flexibility index (Phi) is 5.60. The molecule has 2 amide bonds. The lowest BCUT2D eigenvalue weighted by Crippen LogP contribution is -2.63. The van der Waals surface area contributed by atoms with Crippen molar-refractivity contribution in [3.8, 4) is 0 Å². The van der Waals surface area contributed by atoms with Gasteiger partial charge < -0.3 is 10.2 Å². The van der Waals surface area contributed by atoms with Crippen LogP contribution in [0.5, 0.6) is 0 Å². The zero-order valence-electron chi connectivity index (χ0n) is 13.8. The monoisotopic (exact) mass is 282 g/mol. The van der Waals surface area contributed by atoms with Crippen LogP contribution in [0.2, 0.25) is 0 Å². The van der Waals surface area contributed by atoms with Crippen molar-refractivity contribution in [2.75, 3.05) is 6.54 Å². The molecule has 2 unspecified atom stereocenters. The molecule has 4 heteroatoms. The molecule has 0 aromatic carbocycles. The molecule has 1 rings (SSSR count). The molecule has 1 saturated heterocycles. The summed E-state index contributed by atoms with van der Waals surface area (Å²) in [4.78, 5) is 26.6. The van der Waals surface area contributed by atoms with E-state index >= 15 is 0 Å². The minimum atomic E-state index is -0.342. The Morgan fingerprint density at radius 2 is 1.85 bits per heavy atom. The molecule has 1 N–H and O–H groups in total. The highest BCUT2D eigenvalue weighted by molar-refractivity contribution is 5.96. The highest BCUT2D eigenvalue weighted by Gasteiger charge is 2.39. The summed E-state index contributed by atoms with van der Waals surface area (Å²) in [6.45, 7) is 13.3. The molecule has 4 nitrogen and oxygen atoms in total. The van der Waals surface area contributed by atoms with E-state index in [1.807, 2.05) is 11.8 Å². The lowest BCUT2D eigenvalue weighted by molar-refractivity contribution is -0.150. The van der Waals surface area contributed by atoms with Crippen LogP contribution in [0.25, 0.3) is 0 Å². The van der Waals surface area contributed by atoms with Crippen molar-refractivity contribution in [1.82, 2.24) is 10.2 Å². The average Bonchev–Trinajstić information content (AvgIpc) is 2.31. The second kappa shape index (κ2) is 6.59.